The number of rotatable bonds is 7. The van der Waals surface area contributed by atoms with E-state index in [1.165, 1.54) is 5.56 Å². The van der Waals surface area contributed by atoms with Crippen LogP contribution in [0.4, 0.5) is 5.69 Å². The van der Waals surface area contributed by atoms with Crippen molar-refractivity contribution in [3.63, 3.8) is 0 Å². The van der Waals surface area contributed by atoms with Crippen molar-refractivity contribution in [2.45, 2.75) is 33.2 Å². The molecule has 1 N–H and O–H groups in total. The lowest BCUT2D eigenvalue weighted by Crippen LogP contribution is -2.01. The van der Waals surface area contributed by atoms with E-state index in [2.05, 4.69) is 36.4 Å². The molecule has 0 saturated heterocycles. The number of hydrogen-bond donors (Lipinski definition) is 1. The van der Waals surface area contributed by atoms with Crippen LogP contribution in [-0.2, 0) is 20.0 Å². The molecule has 1 aromatic heterocycles. The van der Waals surface area contributed by atoms with E-state index in [0.717, 1.165) is 43.1 Å². The second kappa shape index (κ2) is 6.98. The van der Waals surface area contributed by atoms with Gasteiger partial charge in [-0.2, -0.15) is 5.10 Å². The molecule has 4 nitrogen and oxygen atoms in total. The van der Waals surface area contributed by atoms with Crippen LogP contribution in [0.15, 0.2) is 30.5 Å². The monoisotopic (exact) mass is 273 g/mol. The Bertz CT molecular complexity index is 548. The van der Waals surface area contributed by atoms with Crippen LogP contribution in [0.3, 0.4) is 0 Å². The number of nitrogens with zero attached hydrogens (tertiary/aromatic N) is 2. The van der Waals surface area contributed by atoms with Gasteiger partial charge in [0, 0.05) is 19.8 Å². The van der Waals surface area contributed by atoms with Gasteiger partial charge in [-0.1, -0.05) is 26.0 Å². The fourth-order valence-electron chi connectivity index (χ4n) is 2.11. The van der Waals surface area contributed by atoms with Crippen molar-refractivity contribution in [3.8, 4) is 5.75 Å². The molecule has 0 bridgehead atoms. The molecular formula is C16H23N3O. The van der Waals surface area contributed by atoms with Crippen LogP contribution < -0.4 is 10.1 Å². The molecule has 1 aromatic carbocycles. The van der Waals surface area contributed by atoms with E-state index < -0.39 is 0 Å². The number of anilines is 1. The van der Waals surface area contributed by atoms with Crippen molar-refractivity contribution in [1.29, 1.82) is 0 Å². The third-order valence-electron chi connectivity index (χ3n) is 3.09. The first-order valence-corrected chi connectivity index (χ1v) is 7.21. The van der Waals surface area contributed by atoms with E-state index >= 15 is 0 Å². The molecule has 0 radical (unpaired) electrons. The van der Waals surface area contributed by atoms with Crippen molar-refractivity contribution in [2.75, 3.05) is 11.9 Å². The Kier molecular flexibility index (Phi) is 5.04. The van der Waals surface area contributed by atoms with Gasteiger partial charge in [0.2, 0.25) is 0 Å². The molecule has 0 aliphatic carbocycles. The topological polar surface area (TPSA) is 39.1 Å². The summed E-state index contributed by atoms with van der Waals surface area (Å²) in [5, 5.41) is 7.87. The number of nitrogens with one attached hydrogen (secondary N) is 1. The van der Waals surface area contributed by atoms with Gasteiger partial charge in [0.05, 0.1) is 18.0 Å². The lowest BCUT2D eigenvalue weighted by atomic mass is 10.2. The number of aryl methyl sites for hydroxylation is 2. The summed E-state index contributed by atoms with van der Waals surface area (Å²) in [4.78, 5) is 0. The molecule has 1 heterocycles. The third kappa shape index (κ3) is 3.76. The molecule has 2 rings (SSSR count). The minimum Gasteiger partial charge on any atom is -0.494 e. The molecule has 2 aromatic rings. The highest BCUT2D eigenvalue weighted by Gasteiger charge is 2.05. The average molecular weight is 273 g/mol. The number of ether oxygens (including phenoxy) is 1. The summed E-state index contributed by atoms with van der Waals surface area (Å²) in [5.41, 5.74) is 3.42. The van der Waals surface area contributed by atoms with Crippen LogP contribution in [0, 0.1) is 0 Å². The van der Waals surface area contributed by atoms with Gasteiger partial charge in [-0.25, -0.2) is 0 Å². The van der Waals surface area contributed by atoms with Crippen molar-refractivity contribution >= 4 is 5.69 Å². The Labute approximate surface area is 120 Å². The average Bonchev–Trinajstić information content (AvgIpc) is 2.83. The molecule has 0 atom stereocenters. The van der Waals surface area contributed by atoms with Crippen LogP contribution >= 0.6 is 0 Å². The maximum absolute atomic E-state index is 5.65. The van der Waals surface area contributed by atoms with Gasteiger partial charge in [0.25, 0.3) is 0 Å². The van der Waals surface area contributed by atoms with Crippen molar-refractivity contribution in [2.24, 2.45) is 7.05 Å². The number of hydrogen-bond acceptors (Lipinski definition) is 3. The zero-order valence-corrected chi connectivity index (χ0v) is 12.5. The number of aromatic nitrogens is 2. The standard InChI is InChI=1S/C16H23N3O/c1-4-9-20-14-8-6-7-13(10-14)11-17-16-12-19(3)18-15(16)5-2/h6-8,10,12,17H,4-5,9,11H2,1-3H3. The highest BCUT2D eigenvalue weighted by Crippen LogP contribution is 2.17. The van der Waals surface area contributed by atoms with E-state index in [1.807, 2.05) is 30.1 Å². The van der Waals surface area contributed by atoms with Gasteiger partial charge in [0.1, 0.15) is 5.75 Å². The lowest BCUT2D eigenvalue weighted by Gasteiger charge is -2.08. The maximum atomic E-state index is 5.65. The summed E-state index contributed by atoms with van der Waals surface area (Å²) in [7, 11) is 1.95. The molecule has 0 saturated carbocycles. The summed E-state index contributed by atoms with van der Waals surface area (Å²) < 4.78 is 7.50. The van der Waals surface area contributed by atoms with Gasteiger partial charge in [0.15, 0.2) is 0 Å². The minimum atomic E-state index is 0.763. The first-order valence-electron chi connectivity index (χ1n) is 7.21. The first kappa shape index (κ1) is 14.4. The largest absolute Gasteiger partial charge is 0.494 e. The smallest absolute Gasteiger partial charge is 0.119 e. The molecule has 0 fully saturated rings. The van der Waals surface area contributed by atoms with Crippen LogP contribution in [0.25, 0.3) is 0 Å². The summed E-state index contributed by atoms with van der Waals surface area (Å²) >= 11 is 0. The molecule has 20 heavy (non-hydrogen) atoms. The fourth-order valence-corrected chi connectivity index (χ4v) is 2.11. The van der Waals surface area contributed by atoms with Crippen LogP contribution in [-0.4, -0.2) is 16.4 Å². The zero-order valence-electron chi connectivity index (χ0n) is 12.5. The van der Waals surface area contributed by atoms with Gasteiger partial charge in [-0.05, 0) is 30.5 Å². The Morgan fingerprint density at radius 2 is 2.15 bits per heavy atom. The second-order valence-corrected chi connectivity index (χ2v) is 4.87. The van der Waals surface area contributed by atoms with Gasteiger partial charge < -0.3 is 10.1 Å². The molecule has 0 aliphatic rings. The third-order valence-corrected chi connectivity index (χ3v) is 3.09. The minimum absolute atomic E-state index is 0.763. The molecule has 0 aliphatic heterocycles. The molecule has 4 heteroatoms. The van der Waals surface area contributed by atoms with E-state index in [1.54, 1.807) is 0 Å². The quantitative estimate of drug-likeness (QED) is 0.840. The molecular weight excluding hydrogens is 250 g/mol. The van der Waals surface area contributed by atoms with Gasteiger partial charge >= 0.3 is 0 Å². The fraction of sp³-hybridized carbons (Fsp3) is 0.438. The highest BCUT2D eigenvalue weighted by atomic mass is 16.5. The Balaban J connectivity index is 1.99. The molecule has 108 valence electrons. The lowest BCUT2D eigenvalue weighted by molar-refractivity contribution is 0.317. The predicted octanol–water partition coefficient (Wildman–Crippen LogP) is 3.38. The Hall–Kier alpha value is -1.97. The van der Waals surface area contributed by atoms with E-state index in [4.69, 9.17) is 4.74 Å². The summed E-state index contributed by atoms with van der Waals surface area (Å²) in [6, 6.07) is 8.23. The van der Waals surface area contributed by atoms with Crippen molar-refractivity contribution in [1.82, 2.24) is 9.78 Å². The molecule has 0 spiro atoms. The second-order valence-electron chi connectivity index (χ2n) is 4.87. The normalized spacial score (nSPS) is 10.6. The zero-order chi connectivity index (χ0) is 14.4. The van der Waals surface area contributed by atoms with Crippen LogP contribution in [0.5, 0.6) is 5.75 Å². The van der Waals surface area contributed by atoms with Gasteiger partial charge in [-0.3, -0.25) is 4.68 Å². The van der Waals surface area contributed by atoms with E-state index in [-0.39, 0.29) is 0 Å². The van der Waals surface area contributed by atoms with Crippen molar-refractivity contribution < 1.29 is 4.74 Å². The molecule has 0 amide bonds. The maximum Gasteiger partial charge on any atom is 0.119 e. The molecule has 0 unspecified atom stereocenters. The van der Waals surface area contributed by atoms with E-state index in [0.29, 0.717) is 0 Å². The SMILES string of the molecule is CCCOc1cccc(CNc2cn(C)nc2CC)c1. The predicted molar refractivity (Wildman–Crippen MR) is 82.1 cm³/mol. The Morgan fingerprint density at radius 1 is 1.30 bits per heavy atom. The van der Waals surface area contributed by atoms with E-state index in [9.17, 15) is 0 Å². The Morgan fingerprint density at radius 3 is 2.90 bits per heavy atom. The first-order chi connectivity index (χ1) is 9.72. The number of benzene rings is 1. The van der Waals surface area contributed by atoms with Gasteiger partial charge in [-0.15, -0.1) is 0 Å². The summed E-state index contributed by atoms with van der Waals surface area (Å²) in [6.45, 7) is 5.77. The van der Waals surface area contributed by atoms with Crippen LogP contribution in [0.2, 0.25) is 0 Å². The van der Waals surface area contributed by atoms with Crippen LogP contribution in [0.1, 0.15) is 31.5 Å². The highest BCUT2D eigenvalue weighted by molar-refractivity contribution is 5.47. The van der Waals surface area contributed by atoms with Crippen molar-refractivity contribution in [3.05, 3.63) is 41.7 Å². The summed E-state index contributed by atoms with van der Waals surface area (Å²) in [6.07, 6.45) is 3.98. The summed E-state index contributed by atoms with van der Waals surface area (Å²) in [5.74, 6) is 0.938.